The third-order valence-electron chi connectivity index (χ3n) is 4.20. The number of nitrogens with zero attached hydrogens (tertiary/aromatic N) is 4. The van der Waals surface area contributed by atoms with E-state index in [1.54, 1.807) is 18.2 Å². The Bertz CT molecular complexity index is 1240. The van der Waals surface area contributed by atoms with E-state index < -0.39 is 10.9 Å². The summed E-state index contributed by atoms with van der Waals surface area (Å²) in [5.74, 6) is -0.621. The van der Waals surface area contributed by atoms with Gasteiger partial charge in [0, 0.05) is 12.1 Å². The van der Waals surface area contributed by atoms with Crippen LogP contribution in [-0.2, 0) is 0 Å². The summed E-state index contributed by atoms with van der Waals surface area (Å²) in [6.45, 7) is 1.88. The highest BCUT2D eigenvalue weighted by Crippen LogP contribution is 2.28. The van der Waals surface area contributed by atoms with Crippen LogP contribution < -0.4 is 4.74 Å². The van der Waals surface area contributed by atoms with E-state index in [0.717, 1.165) is 11.6 Å². The van der Waals surface area contributed by atoms with Gasteiger partial charge in [0.25, 0.3) is 5.69 Å². The lowest BCUT2D eigenvalue weighted by Crippen LogP contribution is -2.12. The number of aromatic nitrogens is 3. The Morgan fingerprint density at radius 2 is 1.76 bits per heavy atom. The number of halogens is 1. The van der Waals surface area contributed by atoms with Crippen molar-refractivity contribution in [3.05, 3.63) is 86.9 Å². The molecule has 9 heteroatoms. The second-order valence-corrected chi connectivity index (χ2v) is 6.67. The predicted molar refractivity (Wildman–Crippen MR) is 107 cm³/mol. The van der Waals surface area contributed by atoms with Gasteiger partial charge in [-0.25, -0.2) is 4.79 Å². The predicted octanol–water partition coefficient (Wildman–Crippen LogP) is 4.51. The van der Waals surface area contributed by atoms with Crippen molar-refractivity contribution in [1.82, 2.24) is 15.0 Å². The molecule has 8 nitrogen and oxygen atoms in total. The molecular formula is C20H13ClN4O4. The van der Waals surface area contributed by atoms with Crippen molar-refractivity contribution in [2.45, 2.75) is 6.92 Å². The lowest BCUT2D eigenvalue weighted by Gasteiger charge is -2.11. The summed E-state index contributed by atoms with van der Waals surface area (Å²) in [6.07, 6.45) is 0. The summed E-state index contributed by atoms with van der Waals surface area (Å²) in [5, 5.41) is 19.9. The molecule has 0 aliphatic heterocycles. The monoisotopic (exact) mass is 408 g/mol. The first-order chi connectivity index (χ1) is 13.9. The smallest absolute Gasteiger partial charge is 0.345 e. The molecule has 0 radical (unpaired) electrons. The molecule has 3 aromatic carbocycles. The van der Waals surface area contributed by atoms with Crippen LogP contribution in [0.15, 0.2) is 60.7 Å². The van der Waals surface area contributed by atoms with Crippen LogP contribution in [-0.4, -0.2) is 25.9 Å². The van der Waals surface area contributed by atoms with Gasteiger partial charge in [0.1, 0.15) is 16.7 Å². The van der Waals surface area contributed by atoms with Crippen molar-refractivity contribution < 1.29 is 14.5 Å². The van der Waals surface area contributed by atoms with Gasteiger partial charge < -0.3 is 4.74 Å². The molecule has 0 fully saturated rings. The largest absolute Gasteiger partial charge is 0.421 e. The zero-order valence-corrected chi connectivity index (χ0v) is 15.8. The third-order valence-corrected chi connectivity index (χ3v) is 4.53. The Kier molecular flexibility index (Phi) is 4.69. The highest BCUT2D eigenvalue weighted by molar-refractivity contribution is 6.33. The normalized spacial score (nSPS) is 10.8. The van der Waals surface area contributed by atoms with Gasteiger partial charge >= 0.3 is 5.97 Å². The van der Waals surface area contributed by atoms with E-state index in [2.05, 4.69) is 10.2 Å². The number of carbonyl (C=O) groups excluding carboxylic acids is 1. The zero-order valence-electron chi connectivity index (χ0n) is 15.1. The number of fused-ring (bicyclic) bond motifs is 1. The maximum Gasteiger partial charge on any atom is 0.345 e. The van der Waals surface area contributed by atoms with E-state index in [1.165, 1.54) is 16.9 Å². The van der Waals surface area contributed by atoms with E-state index >= 15 is 0 Å². The minimum atomic E-state index is -0.819. The Hall–Kier alpha value is -3.78. The SMILES string of the molecule is Cc1ccc(OC(=O)c2cc([N+](=O)[O-])ccc2Cl)c(-n2nc3ccccc3n2)c1. The van der Waals surface area contributed by atoms with Gasteiger partial charge in [0.05, 0.1) is 15.5 Å². The van der Waals surface area contributed by atoms with E-state index in [4.69, 9.17) is 16.3 Å². The first-order valence-electron chi connectivity index (χ1n) is 8.51. The van der Waals surface area contributed by atoms with E-state index in [9.17, 15) is 14.9 Å². The molecule has 29 heavy (non-hydrogen) atoms. The first-order valence-corrected chi connectivity index (χ1v) is 8.89. The number of benzene rings is 3. The second kappa shape index (κ2) is 7.33. The number of hydrogen-bond donors (Lipinski definition) is 0. The summed E-state index contributed by atoms with van der Waals surface area (Å²) in [7, 11) is 0. The molecule has 4 rings (SSSR count). The molecule has 4 aromatic rings. The molecule has 0 bridgehead atoms. The fraction of sp³-hybridized carbons (Fsp3) is 0.0500. The fourth-order valence-corrected chi connectivity index (χ4v) is 2.97. The molecule has 0 saturated carbocycles. The molecule has 0 N–H and O–H groups in total. The zero-order chi connectivity index (χ0) is 20.5. The van der Waals surface area contributed by atoms with Gasteiger partial charge in [0.15, 0.2) is 5.75 Å². The fourth-order valence-electron chi connectivity index (χ4n) is 2.78. The number of aryl methyl sites for hydroxylation is 1. The van der Waals surface area contributed by atoms with Gasteiger partial charge in [-0.3, -0.25) is 10.1 Å². The molecule has 0 atom stereocenters. The Labute approximate surface area is 169 Å². The number of rotatable bonds is 4. The minimum absolute atomic E-state index is 0.0530. The van der Waals surface area contributed by atoms with Crippen LogP contribution in [0, 0.1) is 17.0 Å². The standard InChI is InChI=1S/C20H13ClN4O4/c1-12-6-9-19(18(10-12)24-22-16-4-2-3-5-17(16)23-24)29-20(26)14-11-13(25(27)28)7-8-15(14)21/h2-11H,1H3. The molecule has 0 aliphatic rings. The first kappa shape index (κ1) is 18.6. The second-order valence-electron chi connectivity index (χ2n) is 6.26. The lowest BCUT2D eigenvalue weighted by atomic mass is 10.2. The number of hydrogen-bond acceptors (Lipinski definition) is 6. The topological polar surface area (TPSA) is 100 Å². The summed E-state index contributed by atoms with van der Waals surface area (Å²) >= 11 is 6.04. The number of esters is 1. The number of nitro groups is 1. The molecular weight excluding hydrogens is 396 g/mol. The average molecular weight is 409 g/mol. The third kappa shape index (κ3) is 3.65. The van der Waals surface area contributed by atoms with Crippen molar-refractivity contribution >= 4 is 34.3 Å². The van der Waals surface area contributed by atoms with Crippen LogP contribution in [0.25, 0.3) is 16.7 Å². The van der Waals surface area contributed by atoms with Crippen molar-refractivity contribution in [3.63, 3.8) is 0 Å². The Balaban J connectivity index is 1.74. The highest BCUT2D eigenvalue weighted by Gasteiger charge is 2.20. The van der Waals surface area contributed by atoms with Crippen molar-refractivity contribution in [3.8, 4) is 11.4 Å². The average Bonchev–Trinajstić information content (AvgIpc) is 3.13. The summed E-state index contributed by atoms with van der Waals surface area (Å²) in [5.41, 5.74) is 2.38. The van der Waals surface area contributed by atoms with Gasteiger partial charge in [-0.2, -0.15) is 0 Å². The molecule has 1 heterocycles. The van der Waals surface area contributed by atoms with Crippen LogP contribution in [0.3, 0.4) is 0 Å². The maximum absolute atomic E-state index is 12.7. The molecule has 0 amide bonds. The van der Waals surface area contributed by atoms with Crippen LogP contribution in [0.1, 0.15) is 15.9 Å². The summed E-state index contributed by atoms with van der Waals surface area (Å²) in [6, 6.07) is 16.1. The van der Waals surface area contributed by atoms with Crippen LogP contribution in [0.4, 0.5) is 5.69 Å². The number of non-ortho nitro benzene ring substituents is 1. The van der Waals surface area contributed by atoms with Crippen LogP contribution in [0.5, 0.6) is 5.75 Å². The molecule has 144 valence electrons. The Morgan fingerprint density at radius 3 is 2.41 bits per heavy atom. The van der Waals surface area contributed by atoms with E-state index in [0.29, 0.717) is 16.7 Å². The number of ether oxygens (including phenoxy) is 1. The number of nitro benzene ring substituents is 1. The van der Waals surface area contributed by atoms with E-state index in [-0.39, 0.29) is 22.0 Å². The van der Waals surface area contributed by atoms with Crippen molar-refractivity contribution in [1.29, 1.82) is 0 Å². The van der Waals surface area contributed by atoms with Crippen LogP contribution >= 0.6 is 11.6 Å². The molecule has 0 unspecified atom stereocenters. The molecule has 0 saturated heterocycles. The Morgan fingerprint density at radius 1 is 1.07 bits per heavy atom. The van der Waals surface area contributed by atoms with Gasteiger partial charge in [0.2, 0.25) is 0 Å². The lowest BCUT2D eigenvalue weighted by molar-refractivity contribution is -0.384. The summed E-state index contributed by atoms with van der Waals surface area (Å²) < 4.78 is 5.51. The van der Waals surface area contributed by atoms with Crippen molar-refractivity contribution in [2.75, 3.05) is 0 Å². The van der Waals surface area contributed by atoms with Gasteiger partial charge in [-0.15, -0.1) is 15.0 Å². The minimum Gasteiger partial charge on any atom is -0.421 e. The highest BCUT2D eigenvalue weighted by atomic mass is 35.5. The van der Waals surface area contributed by atoms with Crippen molar-refractivity contribution in [2.24, 2.45) is 0 Å². The van der Waals surface area contributed by atoms with Crippen LogP contribution in [0.2, 0.25) is 5.02 Å². The van der Waals surface area contributed by atoms with E-state index in [1.807, 2.05) is 31.2 Å². The molecule has 0 spiro atoms. The van der Waals surface area contributed by atoms with Gasteiger partial charge in [-0.1, -0.05) is 29.8 Å². The molecule has 0 aliphatic carbocycles. The molecule has 1 aromatic heterocycles. The van der Waals surface area contributed by atoms with Gasteiger partial charge in [-0.05, 0) is 42.8 Å². The maximum atomic E-state index is 12.7. The number of carbonyl (C=O) groups is 1. The quantitative estimate of drug-likeness (QED) is 0.213. The summed E-state index contributed by atoms with van der Waals surface area (Å²) in [4.78, 5) is 24.4.